The maximum atomic E-state index is 9.50. The van der Waals surface area contributed by atoms with Crippen LogP contribution in [0, 0.1) is 5.92 Å². The lowest BCUT2D eigenvalue weighted by atomic mass is 9.99. The lowest BCUT2D eigenvalue weighted by molar-refractivity contribution is 0.200. The predicted molar refractivity (Wildman–Crippen MR) is 75.8 cm³/mol. The summed E-state index contributed by atoms with van der Waals surface area (Å²) in [7, 11) is 0. The first-order chi connectivity index (χ1) is 9.22. The Kier molecular flexibility index (Phi) is 4.77. The van der Waals surface area contributed by atoms with Crippen molar-refractivity contribution in [3.05, 3.63) is 60.1 Å². The zero-order valence-corrected chi connectivity index (χ0v) is 11.4. The van der Waals surface area contributed by atoms with Crippen molar-refractivity contribution in [1.82, 2.24) is 5.32 Å². The third-order valence-corrected chi connectivity index (χ3v) is 3.34. The van der Waals surface area contributed by atoms with Crippen LogP contribution in [0.4, 0.5) is 0 Å². The molecule has 1 heterocycles. The summed E-state index contributed by atoms with van der Waals surface area (Å²) in [5.74, 6) is 1.22. The summed E-state index contributed by atoms with van der Waals surface area (Å²) < 4.78 is 5.53. The summed E-state index contributed by atoms with van der Waals surface area (Å²) in [6.45, 7) is 4.30. The molecule has 0 radical (unpaired) electrons. The fraction of sp³-hybridized carbons (Fsp3) is 0.375. The van der Waals surface area contributed by atoms with Crippen molar-refractivity contribution < 1.29 is 9.52 Å². The van der Waals surface area contributed by atoms with Gasteiger partial charge in [0.1, 0.15) is 5.76 Å². The predicted octanol–water partition coefficient (Wildman–Crippen LogP) is 2.98. The highest BCUT2D eigenvalue weighted by molar-refractivity contribution is 5.26. The van der Waals surface area contributed by atoms with Crippen LogP contribution in [0.15, 0.2) is 53.1 Å². The maximum Gasteiger partial charge on any atom is 0.125 e. The van der Waals surface area contributed by atoms with E-state index in [4.69, 9.17) is 4.42 Å². The second-order valence-corrected chi connectivity index (χ2v) is 5.06. The number of furan rings is 1. The summed E-state index contributed by atoms with van der Waals surface area (Å²) >= 11 is 0. The number of aliphatic hydroxyl groups is 1. The van der Waals surface area contributed by atoms with Crippen molar-refractivity contribution in [2.24, 2.45) is 5.92 Å². The van der Waals surface area contributed by atoms with Gasteiger partial charge in [0.2, 0.25) is 0 Å². The zero-order chi connectivity index (χ0) is 13.7. The molecule has 3 nitrogen and oxygen atoms in total. The molecule has 2 atom stereocenters. The molecule has 2 N–H and O–H groups in total. The Bertz CT molecular complexity index is 465. The normalized spacial score (nSPS) is 14.5. The fourth-order valence-corrected chi connectivity index (χ4v) is 2.11. The summed E-state index contributed by atoms with van der Waals surface area (Å²) in [5.41, 5.74) is 1.14. The molecule has 0 aliphatic heterocycles. The number of benzene rings is 1. The van der Waals surface area contributed by atoms with Gasteiger partial charge in [-0.3, -0.25) is 5.32 Å². The topological polar surface area (TPSA) is 45.4 Å². The van der Waals surface area contributed by atoms with Crippen molar-refractivity contribution in [3.8, 4) is 0 Å². The standard InChI is InChI=1S/C16H21NO2/c1-12(2)14(11-18)17-16(15-9-6-10-19-15)13-7-4-3-5-8-13/h3-10,12,14,16-18H,11H2,1-2H3/t14-,16?/m1/s1. The first kappa shape index (κ1) is 13.8. The van der Waals surface area contributed by atoms with Gasteiger partial charge in [-0.05, 0) is 23.6 Å². The average molecular weight is 259 g/mol. The zero-order valence-electron chi connectivity index (χ0n) is 11.4. The Labute approximate surface area is 114 Å². The summed E-state index contributed by atoms with van der Waals surface area (Å²) in [4.78, 5) is 0. The highest BCUT2D eigenvalue weighted by Crippen LogP contribution is 2.23. The lowest BCUT2D eigenvalue weighted by Gasteiger charge is -2.26. The van der Waals surface area contributed by atoms with Crippen molar-refractivity contribution in [3.63, 3.8) is 0 Å². The van der Waals surface area contributed by atoms with Gasteiger partial charge >= 0.3 is 0 Å². The van der Waals surface area contributed by atoms with E-state index in [1.807, 2.05) is 30.3 Å². The third-order valence-electron chi connectivity index (χ3n) is 3.34. The minimum atomic E-state index is -0.0317. The number of hydrogen-bond acceptors (Lipinski definition) is 3. The lowest BCUT2D eigenvalue weighted by Crippen LogP contribution is -2.39. The third kappa shape index (κ3) is 3.46. The molecule has 1 aromatic heterocycles. The summed E-state index contributed by atoms with van der Waals surface area (Å²) in [6, 6.07) is 14.0. The SMILES string of the molecule is CC(C)[C@@H](CO)NC(c1ccccc1)c1ccco1. The molecule has 2 aromatic rings. The van der Waals surface area contributed by atoms with E-state index in [1.54, 1.807) is 6.26 Å². The molecule has 0 aliphatic carbocycles. The molecule has 19 heavy (non-hydrogen) atoms. The maximum absolute atomic E-state index is 9.50. The van der Waals surface area contributed by atoms with Crippen LogP contribution in [0.3, 0.4) is 0 Å². The quantitative estimate of drug-likeness (QED) is 0.838. The van der Waals surface area contributed by atoms with E-state index in [-0.39, 0.29) is 18.7 Å². The van der Waals surface area contributed by atoms with Crippen LogP contribution in [-0.4, -0.2) is 17.8 Å². The largest absolute Gasteiger partial charge is 0.467 e. The van der Waals surface area contributed by atoms with Crippen molar-refractivity contribution in [1.29, 1.82) is 0 Å². The second-order valence-electron chi connectivity index (χ2n) is 5.06. The Morgan fingerprint density at radius 1 is 1.11 bits per heavy atom. The first-order valence-corrected chi connectivity index (χ1v) is 6.67. The smallest absolute Gasteiger partial charge is 0.125 e. The molecule has 0 aliphatic rings. The Balaban J connectivity index is 2.25. The van der Waals surface area contributed by atoms with Gasteiger partial charge in [-0.1, -0.05) is 44.2 Å². The van der Waals surface area contributed by atoms with Crippen LogP contribution in [0.25, 0.3) is 0 Å². The minimum absolute atomic E-state index is 0.0317. The monoisotopic (exact) mass is 259 g/mol. The van der Waals surface area contributed by atoms with E-state index in [0.29, 0.717) is 5.92 Å². The van der Waals surface area contributed by atoms with Gasteiger partial charge in [0.05, 0.1) is 18.9 Å². The molecular weight excluding hydrogens is 238 g/mol. The van der Waals surface area contributed by atoms with Gasteiger partial charge in [0, 0.05) is 6.04 Å². The van der Waals surface area contributed by atoms with E-state index in [1.165, 1.54) is 0 Å². The molecule has 0 saturated heterocycles. The van der Waals surface area contributed by atoms with Crippen LogP contribution in [0.1, 0.15) is 31.2 Å². The highest BCUT2D eigenvalue weighted by Gasteiger charge is 2.22. The summed E-state index contributed by atoms with van der Waals surface area (Å²) in [5, 5.41) is 13.0. The molecule has 1 aromatic carbocycles. The van der Waals surface area contributed by atoms with Gasteiger partial charge in [-0.15, -0.1) is 0 Å². The van der Waals surface area contributed by atoms with Crippen molar-refractivity contribution >= 4 is 0 Å². The van der Waals surface area contributed by atoms with Crippen molar-refractivity contribution in [2.45, 2.75) is 25.9 Å². The number of rotatable bonds is 6. The van der Waals surface area contributed by atoms with Gasteiger partial charge < -0.3 is 9.52 Å². The molecule has 102 valence electrons. The number of hydrogen-bond donors (Lipinski definition) is 2. The molecule has 0 fully saturated rings. The molecular formula is C16H21NO2. The van der Waals surface area contributed by atoms with Crippen LogP contribution < -0.4 is 5.32 Å². The molecule has 2 rings (SSSR count). The molecule has 1 unspecified atom stereocenters. The molecule has 3 heteroatoms. The first-order valence-electron chi connectivity index (χ1n) is 6.67. The van der Waals surface area contributed by atoms with Crippen LogP contribution >= 0.6 is 0 Å². The van der Waals surface area contributed by atoms with E-state index >= 15 is 0 Å². The Morgan fingerprint density at radius 3 is 2.37 bits per heavy atom. The van der Waals surface area contributed by atoms with Gasteiger partial charge in [-0.2, -0.15) is 0 Å². The van der Waals surface area contributed by atoms with Gasteiger partial charge in [-0.25, -0.2) is 0 Å². The fourth-order valence-electron chi connectivity index (χ4n) is 2.11. The Morgan fingerprint density at radius 2 is 1.84 bits per heavy atom. The average Bonchev–Trinajstić information content (AvgIpc) is 2.94. The van der Waals surface area contributed by atoms with E-state index in [2.05, 4.69) is 31.3 Å². The van der Waals surface area contributed by atoms with E-state index < -0.39 is 0 Å². The van der Waals surface area contributed by atoms with Gasteiger partial charge in [0.15, 0.2) is 0 Å². The molecule has 0 spiro atoms. The minimum Gasteiger partial charge on any atom is -0.467 e. The number of aliphatic hydroxyl groups excluding tert-OH is 1. The van der Waals surface area contributed by atoms with E-state index in [0.717, 1.165) is 11.3 Å². The summed E-state index contributed by atoms with van der Waals surface area (Å²) in [6.07, 6.45) is 1.68. The molecule has 0 amide bonds. The number of nitrogens with one attached hydrogen (secondary N) is 1. The van der Waals surface area contributed by atoms with Crippen molar-refractivity contribution in [2.75, 3.05) is 6.61 Å². The molecule has 0 bridgehead atoms. The van der Waals surface area contributed by atoms with E-state index in [9.17, 15) is 5.11 Å². The highest BCUT2D eigenvalue weighted by atomic mass is 16.3. The van der Waals surface area contributed by atoms with Crippen LogP contribution in [-0.2, 0) is 0 Å². The molecule has 0 saturated carbocycles. The van der Waals surface area contributed by atoms with Crippen LogP contribution in [0.5, 0.6) is 0 Å². The van der Waals surface area contributed by atoms with Gasteiger partial charge in [0.25, 0.3) is 0 Å². The second kappa shape index (κ2) is 6.55. The van der Waals surface area contributed by atoms with Crippen LogP contribution in [0.2, 0.25) is 0 Å². The Hall–Kier alpha value is -1.58.